The van der Waals surface area contributed by atoms with E-state index in [1.165, 1.54) is 24.4 Å². The number of halogens is 2. The maximum absolute atomic E-state index is 13.5. The van der Waals surface area contributed by atoms with Gasteiger partial charge in [0.2, 0.25) is 0 Å². The van der Waals surface area contributed by atoms with Gasteiger partial charge >= 0.3 is 0 Å². The third-order valence-electron chi connectivity index (χ3n) is 3.01. The van der Waals surface area contributed by atoms with Gasteiger partial charge in [0.05, 0.1) is 24.3 Å². The molecule has 3 nitrogen and oxygen atoms in total. The van der Waals surface area contributed by atoms with E-state index in [1.54, 1.807) is 10.9 Å². The first-order valence-electron chi connectivity index (χ1n) is 6.24. The number of aromatic nitrogens is 2. The van der Waals surface area contributed by atoms with Gasteiger partial charge in [-0.25, -0.2) is 13.8 Å². The van der Waals surface area contributed by atoms with Gasteiger partial charge in [-0.3, -0.25) is 0 Å². The number of aliphatic hydroxyl groups excluding tert-OH is 1. The van der Waals surface area contributed by atoms with Crippen LogP contribution in [0.5, 0.6) is 0 Å². The summed E-state index contributed by atoms with van der Waals surface area (Å²) < 4.78 is 28.9. The topological polar surface area (TPSA) is 38.0 Å². The van der Waals surface area contributed by atoms with Crippen LogP contribution in [0.1, 0.15) is 30.7 Å². The van der Waals surface area contributed by atoms with Crippen LogP contribution in [-0.2, 0) is 13.0 Å². The van der Waals surface area contributed by atoms with E-state index in [9.17, 15) is 13.9 Å². The normalized spacial score (nSPS) is 12.6. The lowest BCUT2D eigenvalue weighted by Gasteiger charge is -2.14. The smallest absolute Gasteiger partial charge is 0.129 e. The number of aliphatic hydroxyl groups is 1. The summed E-state index contributed by atoms with van der Waals surface area (Å²) in [6, 6.07) is 3.69. The molecule has 5 heteroatoms. The minimum absolute atomic E-state index is 0.0979. The van der Waals surface area contributed by atoms with Gasteiger partial charge in [-0.2, -0.15) is 0 Å². The van der Waals surface area contributed by atoms with Crippen molar-refractivity contribution in [3.63, 3.8) is 0 Å². The van der Waals surface area contributed by atoms with Crippen LogP contribution in [0.4, 0.5) is 8.78 Å². The first kappa shape index (κ1) is 13.7. The largest absolute Gasteiger partial charge is 0.386 e. The molecule has 0 aliphatic heterocycles. The third kappa shape index (κ3) is 2.98. The predicted molar refractivity (Wildman–Crippen MR) is 67.5 cm³/mol. The molecular formula is C14H16F2N2O. The summed E-state index contributed by atoms with van der Waals surface area (Å²) in [4.78, 5) is 3.96. The lowest BCUT2D eigenvalue weighted by molar-refractivity contribution is 0.166. The van der Waals surface area contributed by atoms with Gasteiger partial charge in [0.1, 0.15) is 11.6 Å². The molecule has 1 aromatic heterocycles. The predicted octanol–water partition coefficient (Wildman–Crippen LogP) is 2.85. The van der Waals surface area contributed by atoms with E-state index in [0.717, 1.165) is 6.42 Å². The van der Waals surface area contributed by atoms with Gasteiger partial charge in [0, 0.05) is 18.5 Å². The second kappa shape index (κ2) is 5.93. The summed E-state index contributed by atoms with van der Waals surface area (Å²) in [5, 5.41) is 10.1. The number of aryl methyl sites for hydroxylation is 1. The highest BCUT2D eigenvalue weighted by Crippen LogP contribution is 2.22. The molecule has 0 bridgehead atoms. The number of benzene rings is 1. The molecule has 0 saturated heterocycles. The first-order chi connectivity index (χ1) is 9.13. The van der Waals surface area contributed by atoms with Crippen LogP contribution in [0.2, 0.25) is 0 Å². The summed E-state index contributed by atoms with van der Waals surface area (Å²) in [5.41, 5.74) is 0.476. The second-order valence-corrected chi connectivity index (χ2v) is 4.43. The Morgan fingerprint density at radius 1 is 1.32 bits per heavy atom. The van der Waals surface area contributed by atoms with Gasteiger partial charge in [-0.05, 0) is 18.6 Å². The van der Waals surface area contributed by atoms with E-state index >= 15 is 0 Å². The fourth-order valence-electron chi connectivity index (χ4n) is 2.06. The first-order valence-corrected chi connectivity index (χ1v) is 6.24. The summed E-state index contributed by atoms with van der Waals surface area (Å²) in [6.07, 6.45) is 2.96. The Hall–Kier alpha value is -1.75. The lowest BCUT2D eigenvalue weighted by Crippen LogP contribution is -2.11. The SMILES string of the molecule is CCCn1cncc1C(O)Cc1c(F)cccc1F. The van der Waals surface area contributed by atoms with Crippen molar-refractivity contribution in [2.24, 2.45) is 0 Å². The van der Waals surface area contributed by atoms with E-state index in [0.29, 0.717) is 12.2 Å². The molecule has 0 saturated carbocycles. The lowest BCUT2D eigenvalue weighted by atomic mass is 10.0. The average molecular weight is 266 g/mol. The maximum Gasteiger partial charge on any atom is 0.129 e. The molecule has 0 radical (unpaired) electrons. The Bertz CT molecular complexity index is 534. The van der Waals surface area contributed by atoms with Gasteiger partial charge in [0.15, 0.2) is 0 Å². The van der Waals surface area contributed by atoms with Crippen molar-refractivity contribution in [3.8, 4) is 0 Å². The molecule has 0 fully saturated rings. The van der Waals surface area contributed by atoms with Crippen molar-refractivity contribution in [1.29, 1.82) is 0 Å². The Labute approximate surface area is 110 Å². The Morgan fingerprint density at radius 3 is 2.63 bits per heavy atom. The molecule has 2 rings (SSSR count). The maximum atomic E-state index is 13.5. The fourth-order valence-corrected chi connectivity index (χ4v) is 2.06. The molecular weight excluding hydrogens is 250 g/mol. The fraction of sp³-hybridized carbons (Fsp3) is 0.357. The van der Waals surface area contributed by atoms with Crippen molar-refractivity contribution < 1.29 is 13.9 Å². The van der Waals surface area contributed by atoms with Crippen LogP contribution in [0, 0.1) is 11.6 Å². The Balaban J connectivity index is 2.21. The minimum atomic E-state index is -0.972. The van der Waals surface area contributed by atoms with Crippen molar-refractivity contribution >= 4 is 0 Å². The van der Waals surface area contributed by atoms with E-state index < -0.39 is 17.7 Å². The molecule has 0 aliphatic carbocycles. The summed E-state index contributed by atoms with van der Waals surface area (Å²) in [6.45, 7) is 2.72. The van der Waals surface area contributed by atoms with Crippen LogP contribution < -0.4 is 0 Å². The van der Waals surface area contributed by atoms with Gasteiger partial charge in [0.25, 0.3) is 0 Å². The standard InChI is InChI=1S/C14H16F2N2O/c1-2-6-18-9-17-8-13(18)14(19)7-10-11(15)4-3-5-12(10)16/h3-5,8-9,14,19H,2,6-7H2,1H3. The van der Waals surface area contributed by atoms with Gasteiger partial charge in [-0.15, -0.1) is 0 Å². The van der Waals surface area contributed by atoms with Crippen LogP contribution in [0.25, 0.3) is 0 Å². The highest BCUT2D eigenvalue weighted by molar-refractivity contribution is 5.22. The van der Waals surface area contributed by atoms with Gasteiger partial charge in [-0.1, -0.05) is 13.0 Å². The van der Waals surface area contributed by atoms with E-state index in [1.807, 2.05) is 6.92 Å². The monoisotopic (exact) mass is 266 g/mol. The zero-order valence-corrected chi connectivity index (χ0v) is 10.7. The number of hydrogen-bond acceptors (Lipinski definition) is 2. The molecule has 1 N–H and O–H groups in total. The molecule has 0 aliphatic rings. The van der Waals surface area contributed by atoms with Crippen LogP contribution in [-0.4, -0.2) is 14.7 Å². The summed E-state index contributed by atoms with van der Waals surface area (Å²) in [5.74, 6) is -1.28. The number of hydrogen-bond donors (Lipinski definition) is 1. The van der Waals surface area contributed by atoms with Crippen molar-refractivity contribution in [2.75, 3.05) is 0 Å². The van der Waals surface area contributed by atoms with Crippen molar-refractivity contribution in [3.05, 3.63) is 53.6 Å². The van der Waals surface area contributed by atoms with Crippen LogP contribution in [0.15, 0.2) is 30.7 Å². The summed E-state index contributed by atoms with van der Waals surface area (Å²) in [7, 11) is 0. The molecule has 0 spiro atoms. The Kier molecular flexibility index (Phi) is 4.27. The molecule has 19 heavy (non-hydrogen) atoms. The third-order valence-corrected chi connectivity index (χ3v) is 3.01. The average Bonchev–Trinajstić information content (AvgIpc) is 2.83. The van der Waals surface area contributed by atoms with Crippen molar-refractivity contribution in [1.82, 2.24) is 9.55 Å². The van der Waals surface area contributed by atoms with E-state index in [4.69, 9.17) is 0 Å². The van der Waals surface area contributed by atoms with E-state index in [2.05, 4.69) is 4.98 Å². The molecule has 1 unspecified atom stereocenters. The molecule has 0 amide bonds. The second-order valence-electron chi connectivity index (χ2n) is 4.43. The van der Waals surface area contributed by atoms with Crippen molar-refractivity contribution in [2.45, 2.75) is 32.4 Å². The van der Waals surface area contributed by atoms with Crippen LogP contribution in [0.3, 0.4) is 0 Å². The Morgan fingerprint density at radius 2 is 2.00 bits per heavy atom. The highest BCUT2D eigenvalue weighted by atomic mass is 19.1. The molecule has 1 aromatic carbocycles. The van der Waals surface area contributed by atoms with E-state index in [-0.39, 0.29) is 12.0 Å². The number of nitrogens with zero attached hydrogens (tertiary/aromatic N) is 2. The summed E-state index contributed by atoms with van der Waals surface area (Å²) >= 11 is 0. The number of rotatable bonds is 5. The quantitative estimate of drug-likeness (QED) is 0.903. The molecule has 2 aromatic rings. The zero-order valence-electron chi connectivity index (χ0n) is 10.7. The molecule has 102 valence electrons. The highest BCUT2D eigenvalue weighted by Gasteiger charge is 2.18. The van der Waals surface area contributed by atoms with Crippen LogP contribution >= 0.6 is 0 Å². The zero-order chi connectivity index (χ0) is 13.8. The minimum Gasteiger partial charge on any atom is -0.386 e. The van der Waals surface area contributed by atoms with Gasteiger partial charge < -0.3 is 9.67 Å². The molecule has 1 heterocycles. The molecule has 1 atom stereocenters. The number of imidazole rings is 1.